The quantitative estimate of drug-likeness (QED) is 0.907. The SMILES string of the molecule is COc1ccc2cc(C(C)C3NC(C(=O)O)CS3)ccc2c1. The van der Waals surface area contributed by atoms with Gasteiger partial charge >= 0.3 is 5.97 Å². The number of carboxylic acid groups (broad SMARTS) is 1. The predicted octanol–water partition coefficient (Wildman–Crippen LogP) is 3.07. The zero-order valence-corrected chi connectivity index (χ0v) is 13.4. The first-order valence-electron chi connectivity index (χ1n) is 7.26. The molecular formula is C17H19NO3S. The largest absolute Gasteiger partial charge is 0.497 e. The highest BCUT2D eigenvalue weighted by Crippen LogP contribution is 2.33. The summed E-state index contributed by atoms with van der Waals surface area (Å²) < 4.78 is 5.25. The lowest BCUT2D eigenvalue weighted by Crippen LogP contribution is -2.38. The Bertz CT molecular complexity index is 703. The summed E-state index contributed by atoms with van der Waals surface area (Å²) in [6.07, 6.45) is 0. The van der Waals surface area contributed by atoms with E-state index in [2.05, 4.69) is 36.5 Å². The summed E-state index contributed by atoms with van der Waals surface area (Å²) in [5, 5.41) is 14.7. The van der Waals surface area contributed by atoms with E-state index in [1.807, 2.05) is 12.1 Å². The average molecular weight is 317 g/mol. The van der Waals surface area contributed by atoms with Crippen LogP contribution in [0.4, 0.5) is 0 Å². The standard InChI is InChI=1S/C17H19NO3S/c1-10(16-18-15(9-22-16)17(19)20)11-3-4-13-8-14(21-2)6-5-12(13)7-11/h3-8,10,15-16,18H,9H2,1-2H3,(H,19,20). The Kier molecular flexibility index (Phi) is 4.27. The Labute approximate surface area is 133 Å². The van der Waals surface area contributed by atoms with Gasteiger partial charge in [-0.15, -0.1) is 11.8 Å². The van der Waals surface area contributed by atoms with Crippen LogP contribution in [0.2, 0.25) is 0 Å². The third kappa shape index (κ3) is 2.91. The third-order valence-electron chi connectivity index (χ3n) is 4.16. The Balaban J connectivity index is 1.82. The molecule has 22 heavy (non-hydrogen) atoms. The van der Waals surface area contributed by atoms with E-state index in [0.29, 0.717) is 5.75 Å². The minimum absolute atomic E-state index is 0.136. The Morgan fingerprint density at radius 2 is 2.05 bits per heavy atom. The van der Waals surface area contributed by atoms with Crippen LogP contribution in [0.5, 0.6) is 5.75 Å². The Morgan fingerprint density at radius 1 is 1.32 bits per heavy atom. The van der Waals surface area contributed by atoms with Gasteiger partial charge in [-0.2, -0.15) is 0 Å². The van der Waals surface area contributed by atoms with E-state index in [-0.39, 0.29) is 11.3 Å². The van der Waals surface area contributed by atoms with Gasteiger partial charge in [-0.3, -0.25) is 10.1 Å². The summed E-state index contributed by atoms with van der Waals surface area (Å²) in [7, 11) is 1.67. The minimum Gasteiger partial charge on any atom is -0.497 e. The van der Waals surface area contributed by atoms with Gasteiger partial charge in [0.2, 0.25) is 0 Å². The monoisotopic (exact) mass is 317 g/mol. The van der Waals surface area contributed by atoms with Crippen molar-refractivity contribution in [2.45, 2.75) is 24.3 Å². The molecule has 1 fully saturated rings. The van der Waals surface area contributed by atoms with Crippen LogP contribution in [0.1, 0.15) is 18.4 Å². The normalized spacial score (nSPS) is 22.6. The van der Waals surface area contributed by atoms with Crippen molar-refractivity contribution in [2.75, 3.05) is 12.9 Å². The second-order valence-electron chi connectivity index (χ2n) is 5.57. The molecule has 1 aliphatic rings. The van der Waals surface area contributed by atoms with Crippen LogP contribution in [0.25, 0.3) is 10.8 Å². The highest BCUT2D eigenvalue weighted by Gasteiger charge is 2.33. The van der Waals surface area contributed by atoms with Crippen molar-refractivity contribution in [1.29, 1.82) is 0 Å². The van der Waals surface area contributed by atoms with Crippen LogP contribution < -0.4 is 10.1 Å². The number of carboxylic acids is 1. The van der Waals surface area contributed by atoms with Gasteiger partial charge in [0.15, 0.2) is 0 Å². The van der Waals surface area contributed by atoms with Crippen molar-refractivity contribution in [3.05, 3.63) is 42.0 Å². The van der Waals surface area contributed by atoms with Crippen molar-refractivity contribution in [1.82, 2.24) is 5.32 Å². The van der Waals surface area contributed by atoms with Crippen molar-refractivity contribution >= 4 is 28.5 Å². The lowest BCUT2D eigenvalue weighted by Gasteiger charge is -2.20. The van der Waals surface area contributed by atoms with E-state index >= 15 is 0 Å². The molecule has 1 saturated heterocycles. The van der Waals surface area contributed by atoms with Crippen molar-refractivity contribution in [2.24, 2.45) is 0 Å². The van der Waals surface area contributed by atoms with Crippen LogP contribution in [0.3, 0.4) is 0 Å². The molecule has 2 aromatic carbocycles. The molecule has 3 atom stereocenters. The van der Waals surface area contributed by atoms with Crippen LogP contribution in [-0.2, 0) is 4.79 Å². The fourth-order valence-corrected chi connectivity index (χ4v) is 4.10. The molecule has 3 rings (SSSR count). The molecule has 1 aliphatic heterocycles. The summed E-state index contributed by atoms with van der Waals surface area (Å²) in [4.78, 5) is 11.1. The number of hydrogen-bond acceptors (Lipinski definition) is 4. The van der Waals surface area contributed by atoms with Gasteiger partial charge in [0, 0.05) is 11.7 Å². The van der Waals surface area contributed by atoms with Crippen LogP contribution in [0, 0.1) is 0 Å². The molecule has 4 nitrogen and oxygen atoms in total. The highest BCUT2D eigenvalue weighted by atomic mass is 32.2. The van der Waals surface area contributed by atoms with E-state index in [0.717, 1.165) is 11.1 Å². The smallest absolute Gasteiger partial charge is 0.321 e. The van der Waals surface area contributed by atoms with Gasteiger partial charge in [0.05, 0.1) is 12.5 Å². The number of fused-ring (bicyclic) bond motifs is 1. The zero-order chi connectivity index (χ0) is 15.7. The van der Waals surface area contributed by atoms with E-state index in [1.54, 1.807) is 18.9 Å². The fourth-order valence-electron chi connectivity index (χ4n) is 2.75. The average Bonchev–Trinajstić information content (AvgIpc) is 3.03. The molecule has 0 aromatic heterocycles. The van der Waals surface area contributed by atoms with Crippen molar-refractivity contribution in [3.63, 3.8) is 0 Å². The molecular weight excluding hydrogens is 298 g/mol. The van der Waals surface area contributed by atoms with Gasteiger partial charge in [-0.25, -0.2) is 0 Å². The molecule has 1 heterocycles. The van der Waals surface area contributed by atoms with Gasteiger partial charge in [0.25, 0.3) is 0 Å². The number of hydrogen-bond donors (Lipinski definition) is 2. The lowest BCUT2D eigenvalue weighted by atomic mass is 9.97. The molecule has 0 radical (unpaired) electrons. The van der Waals surface area contributed by atoms with Gasteiger partial charge < -0.3 is 9.84 Å². The van der Waals surface area contributed by atoms with Crippen LogP contribution in [-0.4, -0.2) is 35.4 Å². The zero-order valence-electron chi connectivity index (χ0n) is 12.6. The van der Waals surface area contributed by atoms with Crippen molar-refractivity contribution < 1.29 is 14.6 Å². The highest BCUT2D eigenvalue weighted by molar-refractivity contribution is 8.00. The summed E-state index contributed by atoms with van der Waals surface area (Å²) in [6, 6.07) is 12.0. The fraction of sp³-hybridized carbons (Fsp3) is 0.353. The molecule has 116 valence electrons. The summed E-state index contributed by atoms with van der Waals surface area (Å²) in [6.45, 7) is 2.14. The topological polar surface area (TPSA) is 58.6 Å². The summed E-state index contributed by atoms with van der Waals surface area (Å²) in [5.41, 5.74) is 1.22. The number of thioether (sulfide) groups is 1. The maximum Gasteiger partial charge on any atom is 0.321 e. The first-order chi connectivity index (χ1) is 10.6. The number of rotatable bonds is 4. The van der Waals surface area contributed by atoms with Gasteiger partial charge in [-0.1, -0.05) is 31.2 Å². The first kappa shape index (κ1) is 15.2. The number of nitrogens with one attached hydrogen (secondary N) is 1. The second-order valence-corrected chi connectivity index (χ2v) is 6.75. The van der Waals surface area contributed by atoms with E-state index < -0.39 is 12.0 Å². The molecule has 0 aliphatic carbocycles. The molecule has 0 bridgehead atoms. The van der Waals surface area contributed by atoms with Gasteiger partial charge in [-0.05, 0) is 28.5 Å². The Morgan fingerprint density at radius 3 is 2.73 bits per heavy atom. The summed E-state index contributed by atoms with van der Waals surface area (Å²) >= 11 is 1.68. The van der Waals surface area contributed by atoms with Crippen molar-refractivity contribution in [3.8, 4) is 5.75 Å². The van der Waals surface area contributed by atoms with E-state index in [4.69, 9.17) is 9.84 Å². The first-order valence-corrected chi connectivity index (χ1v) is 8.31. The molecule has 3 unspecified atom stereocenters. The molecule has 0 spiro atoms. The van der Waals surface area contributed by atoms with E-state index in [1.165, 1.54) is 10.9 Å². The minimum atomic E-state index is -0.771. The number of benzene rings is 2. The number of aliphatic carboxylic acids is 1. The Hall–Kier alpha value is -1.72. The second kappa shape index (κ2) is 6.18. The van der Waals surface area contributed by atoms with Crippen LogP contribution >= 0.6 is 11.8 Å². The third-order valence-corrected chi connectivity index (χ3v) is 5.59. The van der Waals surface area contributed by atoms with Gasteiger partial charge in [0.1, 0.15) is 11.8 Å². The molecule has 2 aromatic rings. The van der Waals surface area contributed by atoms with Crippen LogP contribution in [0.15, 0.2) is 36.4 Å². The van der Waals surface area contributed by atoms with E-state index in [9.17, 15) is 4.79 Å². The maximum atomic E-state index is 11.1. The predicted molar refractivity (Wildman–Crippen MR) is 89.7 cm³/mol. The molecule has 0 saturated carbocycles. The molecule has 0 amide bonds. The lowest BCUT2D eigenvalue weighted by molar-refractivity contribution is -0.138. The molecule has 2 N–H and O–H groups in total. The number of carbonyl (C=O) groups is 1. The molecule has 5 heteroatoms. The maximum absolute atomic E-state index is 11.1. The summed E-state index contributed by atoms with van der Waals surface area (Å²) in [5.74, 6) is 0.953. The number of methoxy groups -OCH3 is 1. The number of ether oxygens (including phenoxy) is 1.